The first-order valence-corrected chi connectivity index (χ1v) is 9.69. The Morgan fingerprint density at radius 2 is 1.84 bits per heavy atom. The minimum Gasteiger partial charge on any atom is -0.497 e. The van der Waals surface area contributed by atoms with Crippen LogP contribution in [-0.4, -0.2) is 28.5 Å². The summed E-state index contributed by atoms with van der Waals surface area (Å²) >= 11 is 0. The number of carbonyl (C=O) groups excluding carboxylic acids is 2. The van der Waals surface area contributed by atoms with Gasteiger partial charge in [0.05, 0.1) is 23.9 Å². The minimum absolute atomic E-state index is 0.0803. The van der Waals surface area contributed by atoms with Crippen LogP contribution in [0.2, 0.25) is 0 Å². The molecule has 0 atom stereocenters. The minimum atomic E-state index is -0.576. The lowest BCUT2D eigenvalue weighted by Crippen LogP contribution is -2.22. The maximum absolute atomic E-state index is 13.1. The molecule has 0 unspecified atom stereocenters. The average molecular weight is 432 g/mol. The van der Waals surface area contributed by atoms with Crippen LogP contribution in [0.3, 0.4) is 0 Å². The van der Waals surface area contributed by atoms with E-state index in [9.17, 15) is 14.4 Å². The van der Waals surface area contributed by atoms with Crippen molar-refractivity contribution in [1.29, 1.82) is 0 Å². The van der Waals surface area contributed by atoms with Crippen LogP contribution in [0, 0.1) is 6.92 Å². The van der Waals surface area contributed by atoms with Gasteiger partial charge in [-0.05, 0) is 31.2 Å². The lowest BCUT2D eigenvalue weighted by molar-refractivity contribution is 0.102. The van der Waals surface area contributed by atoms with E-state index in [1.54, 1.807) is 55.5 Å². The highest BCUT2D eigenvalue weighted by Gasteiger charge is 2.24. The van der Waals surface area contributed by atoms with Crippen LogP contribution >= 0.6 is 0 Å². The Balaban J connectivity index is 1.65. The van der Waals surface area contributed by atoms with Crippen molar-refractivity contribution < 1.29 is 18.7 Å². The second-order valence-electron chi connectivity index (χ2n) is 7.06. The Labute approximate surface area is 182 Å². The number of aryl methyl sites for hydroxylation is 2. The first kappa shape index (κ1) is 20.9. The number of furan rings is 1. The quantitative estimate of drug-likeness (QED) is 0.500. The molecule has 0 spiro atoms. The van der Waals surface area contributed by atoms with Crippen LogP contribution in [0.15, 0.2) is 64.1 Å². The number of carbonyl (C=O) groups is 2. The molecule has 0 aliphatic rings. The molecule has 9 nitrogen and oxygen atoms in total. The zero-order valence-electron chi connectivity index (χ0n) is 17.6. The molecule has 0 saturated heterocycles. The van der Waals surface area contributed by atoms with Crippen molar-refractivity contribution in [2.24, 2.45) is 7.05 Å². The molecule has 2 heterocycles. The molecule has 0 aliphatic heterocycles. The molecule has 0 aliphatic carbocycles. The van der Waals surface area contributed by atoms with Gasteiger partial charge in [0.15, 0.2) is 0 Å². The second kappa shape index (κ2) is 8.38. The van der Waals surface area contributed by atoms with E-state index in [0.717, 1.165) is 0 Å². The van der Waals surface area contributed by atoms with E-state index in [0.29, 0.717) is 11.4 Å². The standard InChI is InChI=1S/C23H20N4O5/c1-13-18(19-22(32-13)24-12-27(2)23(19)30)21(29)26-17-10-5-4-9-16(17)20(28)25-14-7-6-8-15(11-14)31-3/h4-12H,1-3H3,(H,25,28)(H,26,29). The van der Waals surface area contributed by atoms with Gasteiger partial charge in [0.1, 0.15) is 23.2 Å². The number of hydrogen-bond acceptors (Lipinski definition) is 6. The van der Waals surface area contributed by atoms with E-state index in [-0.39, 0.29) is 33.7 Å². The fourth-order valence-electron chi connectivity index (χ4n) is 3.33. The van der Waals surface area contributed by atoms with E-state index >= 15 is 0 Å². The van der Waals surface area contributed by atoms with Gasteiger partial charge in [0, 0.05) is 18.8 Å². The van der Waals surface area contributed by atoms with Crippen molar-refractivity contribution in [3.63, 3.8) is 0 Å². The van der Waals surface area contributed by atoms with E-state index in [1.807, 2.05) is 0 Å². The summed E-state index contributed by atoms with van der Waals surface area (Å²) in [6, 6.07) is 13.5. The van der Waals surface area contributed by atoms with Gasteiger partial charge < -0.3 is 24.4 Å². The molecule has 2 aromatic carbocycles. The van der Waals surface area contributed by atoms with Gasteiger partial charge in [0.2, 0.25) is 5.71 Å². The van der Waals surface area contributed by atoms with Crippen LogP contribution in [0.4, 0.5) is 11.4 Å². The summed E-state index contributed by atoms with van der Waals surface area (Å²) in [5.74, 6) is -0.137. The van der Waals surface area contributed by atoms with Crippen molar-refractivity contribution in [3.8, 4) is 5.75 Å². The molecule has 0 fully saturated rings. The highest BCUT2D eigenvalue weighted by atomic mass is 16.5. The molecule has 32 heavy (non-hydrogen) atoms. The monoisotopic (exact) mass is 432 g/mol. The number of nitrogens with one attached hydrogen (secondary N) is 2. The van der Waals surface area contributed by atoms with Crippen LogP contribution in [0.1, 0.15) is 26.5 Å². The molecule has 2 aromatic heterocycles. The van der Waals surface area contributed by atoms with Gasteiger partial charge in [-0.2, -0.15) is 0 Å². The summed E-state index contributed by atoms with van der Waals surface area (Å²) in [5, 5.41) is 5.59. The first-order chi connectivity index (χ1) is 15.4. The number of hydrogen-bond donors (Lipinski definition) is 2. The predicted molar refractivity (Wildman–Crippen MR) is 119 cm³/mol. The fourth-order valence-corrected chi connectivity index (χ4v) is 3.33. The lowest BCUT2D eigenvalue weighted by atomic mass is 10.1. The number of nitrogens with zero attached hydrogens (tertiary/aromatic N) is 2. The molecule has 9 heteroatoms. The van der Waals surface area contributed by atoms with Crippen molar-refractivity contribution in [2.75, 3.05) is 17.7 Å². The number of aromatic nitrogens is 2. The Hall–Kier alpha value is -4.40. The summed E-state index contributed by atoms with van der Waals surface area (Å²) in [6.07, 6.45) is 1.33. The van der Waals surface area contributed by atoms with Gasteiger partial charge in [-0.25, -0.2) is 4.98 Å². The largest absolute Gasteiger partial charge is 0.497 e. The summed E-state index contributed by atoms with van der Waals surface area (Å²) in [4.78, 5) is 42.6. The van der Waals surface area contributed by atoms with Crippen molar-refractivity contribution >= 4 is 34.3 Å². The number of para-hydroxylation sites is 1. The molecular formula is C23H20N4O5. The van der Waals surface area contributed by atoms with Crippen molar-refractivity contribution in [2.45, 2.75) is 6.92 Å². The van der Waals surface area contributed by atoms with Gasteiger partial charge in [-0.15, -0.1) is 0 Å². The normalized spacial score (nSPS) is 10.7. The zero-order valence-corrected chi connectivity index (χ0v) is 17.6. The smallest absolute Gasteiger partial charge is 0.265 e. The summed E-state index contributed by atoms with van der Waals surface area (Å²) in [6.45, 7) is 1.58. The topological polar surface area (TPSA) is 115 Å². The van der Waals surface area contributed by atoms with Gasteiger partial charge in [-0.3, -0.25) is 14.4 Å². The number of methoxy groups -OCH3 is 1. The Morgan fingerprint density at radius 1 is 1.06 bits per heavy atom. The highest BCUT2D eigenvalue weighted by Crippen LogP contribution is 2.24. The van der Waals surface area contributed by atoms with E-state index < -0.39 is 17.4 Å². The SMILES string of the molecule is COc1cccc(NC(=O)c2ccccc2NC(=O)c2c(C)oc3ncn(C)c(=O)c23)c1. The van der Waals surface area contributed by atoms with Crippen LogP contribution < -0.4 is 20.9 Å². The van der Waals surface area contributed by atoms with Gasteiger partial charge in [0.25, 0.3) is 17.4 Å². The van der Waals surface area contributed by atoms with Crippen LogP contribution in [0.25, 0.3) is 11.1 Å². The lowest BCUT2D eigenvalue weighted by Gasteiger charge is -2.12. The van der Waals surface area contributed by atoms with Crippen LogP contribution in [-0.2, 0) is 7.05 Å². The first-order valence-electron chi connectivity index (χ1n) is 9.69. The average Bonchev–Trinajstić information content (AvgIpc) is 3.13. The zero-order chi connectivity index (χ0) is 22.8. The number of benzene rings is 2. The number of anilines is 2. The van der Waals surface area contributed by atoms with Crippen molar-refractivity contribution in [3.05, 3.63) is 82.1 Å². The summed E-state index contributed by atoms with van der Waals surface area (Å²) in [7, 11) is 3.08. The second-order valence-corrected chi connectivity index (χ2v) is 7.06. The molecule has 4 aromatic rings. The molecule has 4 rings (SSSR count). The third kappa shape index (κ3) is 3.83. The molecule has 0 saturated carbocycles. The molecular weight excluding hydrogens is 412 g/mol. The Kier molecular flexibility index (Phi) is 5.46. The van der Waals surface area contributed by atoms with Crippen LogP contribution in [0.5, 0.6) is 5.75 Å². The maximum Gasteiger partial charge on any atom is 0.265 e. The third-order valence-electron chi connectivity index (χ3n) is 4.92. The summed E-state index contributed by atoms with van der Waals surface area (Å²) in [5.41, 5.74) is 0.840. The number of amides is 2. The predicted octanol–water partition coefficient (Wildman–Crippen LogP) is 3.35. The number of rotatable bonds is 5. The number of fused-ring (bicyclic) bond motifs is 1. The molecule has 2 N–H and O–H groups in total. The third-order valence-corrected chi connectivity index (χ3v) is 4.92. The Bertz CT molecular complexity index is 1400. The van der Waals surface area contributed by atoms with Gasteiger partial charge in [-0.1, -0.05) is 18.2 Å². The summed E-state index contributed by atoms with van der Waals surface area (Å²) < 4.78 is 11.9. The fraction of sp³-hybridized carbons (Fsp3) is 0.130. The molecule has 0 radical (unpaired) electrons. The maximum atomic E-state index is 13.1. The van der Waals surface area contributed by atoms with E-state index in [2.05, 4.69) is 15.6 Å². The molecule has 162 valence electrons. The molecule has 2 amide bonds. The van der Waals surface area contributed by atoms with Gasteiger partial charge >= 0.3 is 0 Å². The number of ether oxygens (including phenoxy) is 1. The molecule has 0 bridgehead atoms. The Morgan fingerprint density at radius 3 is 2.62 bits per heavy atom. The highest BCUT2D eigenvalue weighted by molar-refractivity contribution is 6.16. The van der Waals surface area contributed by atoms with E-state index in [4.69, 9.17) is 9.15 Å². The van der Waals surface area contributed by atoms with Crippen molar-refractivity contribution in [1.82, 2.24) is 9.55 Å². The van der Waals surface area contributed by atoms with E-state index in [1.165, 1.54) is 25.1 Å².